The van der Waals surface area contributed by atoms with Gasteiger partial charge in [0.1, 0.15) is 0 Å². The number of carbonyl (C=O) groups is 1. The fourth-order valence-corrected chi connectivity index (χ4v) is 0.652. The number of rotatable bonds is 4. The first kappa shape index (κ1) is 9.34. The number of allylic oxidation sites excluding steroid dienone is 1. The zero-order valence-electron chi connectivity index (χ0n) is 6.48. The Kier molecular flexibility index (Phi) is 3.93. The fraction of sp³-hybridized carbons (Fsp3) is 0.625. The van der Waals surface area contributed by atoms with Gasteiger partial charge in [-0.3, -0.25) is 4.79 Å². The van der Waals surface area contributed by atoms with Crippen LogP contribution in [0.4, 0.5) is 4.39 Å². The normalized spacial score (nSPS) is 12.7. The lowest BCUT2D eigenvalue weighted by Crippen LogP contribution is -2.15. The van der Waals surface area contributed by atoms with Crippen LogP contribution in [-0.4, -0.2) is 12.0 Å². The Bertz CT molecular complexity index is 140. The van der Waals surface area contributed by atoms with E-state index in [0.29, 0.717) is 18.4 Å². The van der Waals surface area contributed by atoms with Crippen LogP contribution < -0.4 is 0 Å². The van der Waals surface area contributed by atoms with Crippen molar-refractivity contribution in [3.05, 3.63) is 12.2 Å². The maximum Gasteiger partial charge on any atom is 0.192 e. The lowest BCUT2D eigenvalue weighted by atomic mass is 10.1. The van der Waals surface area contributed by atoms with E-state index >= 15 is 0 Å². The van der Waals surface area contributed by atoms with Gasteiger partial charge in [-0.05, 0) is 18.9 Å². The predicted octanol–water partition coefficient (Wildman–Crippen LogP) is 2.27. The summed E-state index contributed by atoms with van der Waals surface area (Å²) in [6.07, 6.45) is -0.325. The summed E-state index contributed by atoms with van der Waals surface area (Å²) in [6, 6.07) is 0. The zero-order valence-corrected chi connectivity index (χ0v) is 6.48. The molecule has 0 rings (SSSR count). The van der Waals surface area contributed by atoms with Gasteiger partial charge < -0.3 is 0 Å². The van der Waals surface area contributed by atoms with Crippen molar-refractivity contribution in [3.63, 3.8) is 0 Å². The summed E-state index contributed by atoms with van der Waals surface area (Å²) in [4.78, 5) is 10.8. The van der Waals surface area contributed by atoms with Crippen molar-refractivity contribution >= 4 is 5.78 Å². The van der Waals surface area contributed by atoms with Crippen molar-refractivity contribution in [2.45, 2.75) is 32.9 Å². The largest absolute Gasteiger partial charge is 0.291 e. The molecule has 0 fully saturated rings. The molecule has 0 heterocycles. The van der Waals surface area contributed by atoms with Crippen LogP contribution in [0.25, 0.3) is 0 Å². The molecule has 0 aromatic carbocycles. The highest BCUT2D eigenvalue weighted by Crippen LogP contribution is 2.07. The molecule has 0 saturated carbocycles. The fourth-order valence-electron chi connectivity index (χ4n) is 0.652. The molecule has 2 heteroatoms. The monoisotopic (exact) mass is 144 g/mol. The van der Waals surface area contributed by atoms with Crippen LogP contribution in [0.1, 0.15) is 26.7 Å². The lowest BCUT2D eigenvalue weighted by molar-refractivity contribution is -0.120. The van der Waals surface area contributed by atoms with Gasteiger partial charge in [0.15, 0.2) is 12.0 Å². The first-order valence-corrected chi connectivity index (χ1v) is 3.43. The Morgan fingerprint density at radius 3 is 2.50 bits per heavy atom. The number of hydrogen-bond donors (Lipinski definition) is 0. The summed E-state index contributed by atoms with van der Waals surface area (Å²) < 4.78 is 12.6. The topological polar surface area (TPSA) is 17.1 Å². The highest BCUT2D eigenvalue weighted by atomic mass is 19.1. The summed E-state index contributed by atoms with van der Waals surface area (Å²) >= 11 is 0. The lowest BCUT2D eigenvalue weighted by Gasteiger charge is -2.03. The molecule has 0 amide bonds. The van der Waals surface area contributed by atoms with Crippen molar-refractivity contribution in [2.24, 2.45) is 0 Å². The standard InChI is InChI=1S/C8H13FO/c1-4-5-7(9)8(10)6(2)3/h7H,2,4-5H2,1,3H3. The smallest absolute Gasteiger partial charge is 0.192 e. The molecule has 58 valence electrons. The number of ketones is 1. The van der Waals surface area contributed by atoms with Gasteiger partial charge in [0.05, 0.1) is 0 Å². The van der Waals surface area contributed by atoms with Crippen LogP contribution in [0.5, 0.6) is 0 Å². The van der Waals surface area contributed by atoms with E-state index in [4.69, 9.17) is 0 Å². The van der Waals surface area contributed by atoms with Crippen molar-refractivity contribution in [3.8, 4) is 0 Å². The van der Waals surface area contributed by atoms with E-state index in [-0.39, 0.29) is 0 Å². The molecule has 0 bridgehead atoms. The van der Waals surface area contributed by atoms with Crippen LogP contribution in [0.15, 0.2) is 12.2 Å². The summed E-state index contributed by atoms with van der Waals surface area (Å²) in [5.41, 5.74) is 0.306. The molecule has 0 aromatic heterocycles. The third-order valence-electron chi connectivity index (χ3n) is 1.25. The molecule has 0 aliphatic heterocycles. The minimum Gasteiger partial charge on any atom is -0.291 e. The molecule has 0 aliphatic rings. The van der Waals surface area contributed by atoms with Gasteiger partial charge in [-0.2, -0.15) is 0 Å². The maximum atomic E-state index is 12.6. The number of hydrogen-bond acceptors (Lipinski definition) is 1. The molecule has 0 spiro atoms. The van der Waals surface area contributed by atoms with Crippen molar-refractivity contribution in [1.82, 2.24) is 0 Å². The molecule has 0 N–H and O–H groups in total. The number of Topliss-reactive ketones (excluding diaryl/α,β-unsaturated/α-hetero) is 1. The van der Waals surface area contributed by atoms with Crippen molar-refractivity contribution in [1.29, 1.82) is 0 Å². The molecular weight excluding hydrogens is 131 g/mol. The van der Waals surface area contributed by atoms with Gasteiger partial charge in [0.2, 0.25) is 0 Å². The van der Waals surface area contributed by atoms with Gasteiger partial charge in [-0.1, -0.05) is 19.9 Å². The van der Waals surface area contributed by atoms with Gasteiger partial charge in [0, 0.05) is 0 Å². The van der Waals surface area contributed by atoms with E-state index in [2.05, 4.69) is 6.58 Å². The molecule has 1 nitrogen and oxygen atoms in total. The van der Waals surface area contributed by atoms with E-state index in [0.717, 1.165) is 0 Å². The SMILES string of the molecule is C=C(C)C(=O)C(F)CCC. The van der Waals surface area contributed by atoms with Gasteiger partial charge in [0.25, 0.3) is 0 Å². The predicted molar refractivity (Wildman–Crippen MR) is 39.6 cm³/mol. The average molecular weight is 144 g/mol. The van der Waals surface area contributed by atoms with E-state index in [1.54, 1.807) is 0 Å². The minimum absolute atomic E-state index is 0.306. The summed E-state index contributed by atoms with van der Waals surface area (Å²) in [6.45, 7) is 6.75. The summed E-state index contributed by atoms with van der Waals surface area (Å²) in [5, 5.41) is 0. The Balaban J connectivity index is 3.82. The second-order valence-electron chi connectivity index (χ2n) is 2.40. The first-order valence-electron chi connectivity index (χ1n) is 3.43. The summed E-state index contributed by atoms with van der Waals surface area (Å²) in [5.74, 6) is -0.457. The molecular formula is C8H13FO. The highest BCUT2D eigenvalue weighted by Gasteiger charge is 2.15. The van der Waals surface area contributed by atoms with Gasteiger partial charge in [-0.25, -0.2) is 4.39 Å². The number of alkyl halides is 1. The molecule has 0 aromatic rings. The molecule has 10 heavy (non-hydrogen) atoms. The highest BCUT2D eigenvalue weighted by molar-refractivity contribution is 5.97. The van der Waals surface area contributed by atoms with Crippen molar-refractivity contribution < 1.29 is 9.18 Å². The molecule has 0 aliphatic carbocycles. The van der Waals surface area contributed by atoms with Crippen LogP contribution in [-0.2, 0) is 4.79 Å². The second kappa shape index (κ2) is 4.20. The Labute approximate surface area is 60.9 Å². The van der Waals surface area contributed by atoms with E-state index < -0.39 is 12.0 Å². The number of carbonyl (C=O) groups excluding carboxylic acids is 1. The summed E-state index contributed by atoms with van der Waals surface area (Å²) in [7, 11) is 0. The second-order valence-corrected chi connectivity index (χ2v) is 2.40. The molecule has 0 saturated heterocycles. The maximum absolute atomic E-state index is 12.6. The third kappa shape index (κ3) is 2.76. The van der Waals surface area contributed by atoms with Crippen LogP contribution in [0, 0.1) is 0 Å². The molecule has 1 unspecified atom stereocenters. The third-order valence-corrected chi connectivity index (χ3v) is 1.25. The van der Waals surface area contributed by atoms with Crippen LogP contribution in [0.2, 0.25) is 0 Å². The van der Waals surface area contributed by atoms with Crippen LogP contribution in [0.3, 0.4) is 0 Å². The Morgan fingerprint density at radius 1 is 1.70 bits per heavy atom. The first-order chi connectivity index (χ1) is 4.59. The Morgan fingerprint density at radius 2 is 2.20 bits per heavy atom. The zero-order chi connectivity index (χ0) is 8.15. The minimum atomic E-state index is -1.33. The van der Waals surface area contributed by atoms with Crippen molar-refractivity contribution in [2.75, 3.05) is 0 Å². The number of halogens is 1. The Hall–Kier alpha value is -0.660. The quantitative estimate of drug-likeness (QED) is 0.553. The van der Waals surface area contributed by atoms with E-state index in [9.17, 15) is 9.18 Å². The van der Waals surface area contributed by atoms with E-state index in [1.807, 2.05) is 6.92 Å². The molecule has 1 atom stereocenters. The average Bonchev–Trinajstić information content (AvgIpc) is 1.87. The van der Waals surface area contributed by atoms with Gasteiger partial charge >= 0.3 is 0 Å². The van der Waals surface area contributed by atoms with Gasteiger partial charge in [-0.15, -0.1) is 0 Å². The van der Waals surface area contributed by atoms with E-state index in [1.165, 1.54) is 6.92 Å². The van der Waals surface area contributed by atoms with Crippen LogP contribution >= 0.6 is 0 Å². The molecule has 0 radical (unpaired) electrons.